The van der Waals surface area contributed by atoms with Crippen LogP contribution in [0.25, 0.3) is 0 Å². The molecule has 0 aliphatic carbocycles. The van der Waals surface area contributed by atoms with Gasteiger partial charge in [0.25, 0.3) is 0 Å². The molecule has 6 nitrogen and oxygen atoms in total. The summed E-state index contributed by atoms with van der Waals surface area (Å²) in [4.78, 5) is 21.8. The van der Waals surface area contributed by atoms with Crippen LogP contribution in [0.5, 0.6) is 0 Å². The van der Waals surface area contributed by atoms with Crippen LogP contribution in [-0.2, 0) is 19.1 Å². The molecule has 0 saturated carbocycles. The largest absolute Gasteiger partial charge is 0.375 e. The summed E-state index contributed by atoms with van der Waals surface area (Å²) in [6, 6.07) is 0. The molecule has 0 aliphatic heterocycles. The van der Waals surface area contributed by atoms with Crippen molar-refractivity contribution in [1.82, 2.24) is 10.6 Å². The molecule has 0 saturated heterocycles. The van der Waals surface area contributed by atoms with E-state index in [1.165, 1.54) is 14.2 Å². The van der Waals surface area contributed by atoms with Crippen molar-refractivity contribution in [3.05, 3.63) is 0 Å². The third-order valence-electron chi connectivity index (χ3n) is 1.55. The van der Waals surface area contributed by atoms with Gasteiger partial charge >= 0.3 is 0 Å². The van der Waals surface area contributed by atoms with Crippen LogP contribution in [0, 0.1) is 0 Å². The number of hydrogen-bond acceptors (Lipinski definition) is 4. The molecule has 0 rings (SSSR count). The van der Waals surface area contributed by atoms with Crippen molar-refractivity contribution in [2.24, 2.45) is 0 Å². The van der Waals surface area contributed by atoms with Gasteiger partial charge in [-0.15, -0.1) is 0 Å². The molecule has 0 unspecified atom stereocenters. The van der Waals surface area contributed by atoms with Crippen LogP contribution in [0.2, 0.25) is 0 Å². The smallest absolute Gasteiger partial charge is 0.245 e. The fourth-order valence-electron chi connectivity index (χ4n) is 0.908. The van der Waals surface area contributed by atoms with E-state index in [2.05, 4.69) is 20.1 Å². The molecule has 2 amide bonds. The highest BCUT2D eigenvalue weighted by molar-refractivity contribution is 5.77. The SMILES string of the molecule is COCC(=O)NCCCNC(=O)COC. The molecule has 0 aromatic heterocycles. The van der Waals surface area contributed by atoms with E-state index in [9.17, 15) is 9.59 Å². The first-order valence-electron chi connectivity index (χ1n) is 4.72. The van der Waals surface area contributed by atoms with Crippen LogP contribution in [0.1, 0.15) is 6.42 Å². The summed E-state index contributed by atoms with van der Waals surface area (Å²) < 4.78 is 9.27. The van der Waals surface area contributed by atoms with Gasteiger partial charge in [-0.3, -0.25) is 9.59 Å². The summed E-state index contributed by atoms with van der Waals surface area (Å²) in [7, 11) is 2.93. The Morgan fingerprint density at radius 1 is 0.933 bits per heavy atom. The number of ether oxygens (including phenoxy) is 2. The lowest BCUT2D eigenvalue weighted by atomic mass is 10.4. The number of rotatable bonds is 8. The molecule has 0 aromatic carbocycles. The Balaban J connectivity index is 3.24. The highest BCUT2D eigenvalue weighted by Gasteiger charge is 2.00. The van der Waals surface area contributed by atoms with Crippen molar-refractivity contribution in [3.63, 3.8) is 0 Å². The van der Waals surface area contributed by atoms with Crippen LogP contribution in [-0.4, -0.2) is 52.3 Å². The van der Waals surface area contributed by atoms with Crippen LogP contribution in [0.4, 0.5) is 0 Å². The highest BCUT2D eigenvalue weighted by Crippen LogP contribution is 1.76. The first kappa shape index (κ1) is 13.9. The van der Waals surface area contributed by atoms with Crippen LogP contribution >= 0.6 is 0 Å². The molecule has 6 heteroatoms. The minimum absolute atomic E-state index is 0.0655. The molecular weight excluding hydrogens is 200 g/mol. The zero-order valence-electron chi connectivity index (χ0n) is 9.17. The molecule has 0 bridgehead atoms. The van der Waals surface area contributed by atoms with Gasteiger partial charge in [-0.2, -0.15) is 0 Å². The van der Waals surface area contributed by atoms with Gasteiger partial charge in [0.1, 0.15) is 13.2 Å². The van der Waals surface area contributed by atoms with Crippen molar-refractivity contribution >= 4 is 11.8 Å². The maximum atomic E-state index is 10.9. The summed E-state index contributed by atoms with van der Waals surface area (Å²) in [5, 5.41) is 5.29. The summed E-state index contributed by atoms with van der Waals surface area (Å²) in [5.74, 6) is -0.304. The molecule has 0 aromatic rings. The molecule has 0 fully saturated rings. The summed E-state index contributed by atoms with van der Waals surface area (Å²) in [5.41, 5.74) is 0. The minimum atomic E-state index is -0.152. The number of hydrogen-bond donors (Lipinski definition) is 2. The van der Waals surface area contributed by atoms with Gasteiger partial charge in [0.15, 0.2) is 0 Å². The number of carbonyl (C=O) groups is 2. The lowest BCUT2D eigenvalue weighted by Gasteiger charge is -2.05. The molecule has 15 heavy (non-hydrogen) atoms. The third-order valence-corrected chi connectivity index (χ3v) is 1.55. The van der Waals surface area contributed by atoms with Crippen LogP contribution < -0.4 is 10.6 Å². The Morgan fingerprint density at radius 3 is 1.67 bits per heavy atom. The van der Waals surface area contributed by atoms with Gasteiger partial charge in [0.2, 0.25) is 11.8 Å². The average Bonchev–Trinajstić information content (AvgIpc) is 2.18. The fraction of sp³-hybridized carbons (Fsp3) is 0.778. The normalized spacial score (nSPS) is 9.73. The maximum absolute atomic E-state index is 10.9. The lowest BCUT2D eigenvalue weighted by molar-refractivity contribution is -0.124. The van der Waals surface area contributed by atoms with Gasteiger partial charge in [-0.05, 0) is 6.42 Å². The first-order valence-corrected chi connectivity index (χ1v) is 4.72. The predicted octanol–water partition coefficient (Wildman–Crippen LogP) is -1.10. The molecule has 0 radical (unpaired) electrons. The second-order valence-electron chi connectivity index (χ2n) is 2.92. The van der Waals surface area contributed by atoms with Crippen molar-refractivity contribution in [2.75, 3.05) is 40.5 Å². The molecule has 0 spiro atoms. The maximum Gasteiger partial charge on any atom is 0.245 e. The van der Waals surface area contributed by atoms with Crippen molar-refractivity contribution < 1.29 is 19.1 Å². The average molecular weight is 218 g/mol. The predicted molar refractivity (Wildman–Crippen MR) is 54.4 cm³/mol. The summed E-state index contributed by atoms with van der Waals surface area (Å²) in [6.07, 6.45) is 0.685. The highest BCUT2D eigenvalue weighted by atomic mass is 16.5. The van der Waals surface area contributed by atoms with Crippen molar-refractivity contribution in [3.8, 4) is 0 Å². The van der Waals surface area contributed by atoms with Gasteiger partial charge in [-0.1, -0.05) is 0 Å². The minimum Gasteiger partial charge on any atom is -0.375 e. The zero-order valence-corrected chi connectivity index (χ0v) is 9.17. The Hall–Kier alpha value is -1.14. The molecular formula is C9H18N2O4. The summed E-state index contributed by atoms with van der Waals surface area (Å²) >= 11 is 0. The number of carbonyl (C=O) groups excluding carboxylic acids is 2. The Morgan fingerprint density at radius 2 is 1.33 bits per heavy atom. The van der Waals surface area contributed by atoms with Crippen LogP contribution in [0.3, 0.4) is 0 Å². The molecule has 0 atom stereocenters. The molecule has 0 aliphatic rings. The van der Waals surface area contributed by atoms with Gasteiger partial charge < -0.3 is 20.1 Å². The number of amides is 2. The van der Waals surface area contributed by atoms with Gasteiger partial charge in [0.05, 0.1) is 0 Å². The topological polar surface area (TPSA) is 76.7 Å². The van der Waals surface area contributed by atoms with E-state index >= 15 is 0 Å². The Bertz CT molecular complexity index is 177. The monoisotopic (exact) mass is 218 g/mol. The standard InChI is InChI=1S/C9H18N2O4/c1-14-6-8(12)10-4-3-5-11-9(13)7-15-2/h3-7H2,1-2H3,(H,10,12)(H,11,13). The van der Waals surface area contributed by atoms with Gasteiger partial charge in [-0.25, -0.2) is 0 Å². The van der Waals surface area contributed by atoms with E-state index in [0.717, 1.165) is 0 Å². The van der Waals surface area contributed by atoms with E-state index in [4.69, 9.17) is 0 Å². The van der Waals surface area contributed by atoms with Crippen molar-refractivity contribution in [2.45, 2.75) is 6.42 Å². The van der Waals surface area contributed by atoms with E-state index in [1.807, 2.05) is 0 Å². The molecule has 0 heterocycles. The van der Waals surface area contributed by atoms with Crippen LogP contribution in [0.15, 0.2) is 0 Å². The zero-order chi connectivity index (χ0) is 11.5. The van der Waals surface area contributed by atoms with Crippen molar-refractivity contribution in [1.29, 1.82) is 0 Å². The fourth-order valence-corrected chi connectivity index (χ4v) is 0.908. The Labute approximate surface area is 89.3 Å². The number of methoxy groups -OCH3 is 2. The van der Waals surface area contributed by atoms with E-state index < -0.39 is 0 Å². The third kappa shape index (κ3) is 9.17. The lowest BCUT2D eigenvalue weighted by Crippen LogP contribution is -2.32. The Kier molecular flexibility index (Phi) is 8.70. The van der Waals surface area contributed by atoms with E-state index in [0.29, 0.717) is 19.5 Å². The second-order valence-corrected chi connectivity index (χ2v) is 2.92. The number of nitrogens with one attached hydrogen (secondary N) is 2. The second kappa shape index (κ2) is 9.42. The first-order chi connectivity index (χ1) is 7.20. The molecule has 2 N–H and O–H groups in total. The van der Waals surface area contributed by atoms with E-state index in [1.54, 1.807) is 0 Å². The quantitative estimate of drug-likeness (QED) is 0.507. The van der Waals surface area contributed by atoms with E-state index in [-0.39, 0.29) is 25.0 Å². The molecule has 88 valence electrons. The van der Waals surface area contributed by atoms with Gasteiger partial charge in [0, 0.05) is 27.3 Å². The summed E-state index contributed by atoms with van der Waals surface area (Å²) in [6.45, 7) is 1.18.